The quantitative estimate of drug-likeness (QED) is 0.757. The molecule has 1 amide bonds. The summed E-state index contributed by atoms with van der Waals surface area (Å²) >= 11 is 0. The monoisotopic (exact) mass is 349 g/mol. The first-order valence-electron chi connectivity index (χ1n) is 6.41. The number of carbonyl (C=O) groups excluding carboxylic acids is 1. The fourth-order valence-electron chi connectivity index (χ4n) is 2.24. The van der Waals surface area contributed by atoms with Gasteiger partial charge in [0.25, 0.3) is 5.56 Å². The largest absolute Gasteiger partial charge is 0.351 e. The predicted octanol–water partition coefficient (Wildman–Crippen LogP) is 0.685. The summed E-state index contributed by atoms with van der Waals surface area (Å²) in [4.78, 5) is 27.9. The van der Waals surface area contributed by atoms with Gasteiger partial charge in [-0.3, -0.25) is 19.4 Å². The molecule has 0 aromatic carbocycles. The second kappa shape index (κ2) is 7.62. The van der Waals surface area contributed by atoms with E-state index in [1.807, 2.05) is 13.8 Å². The maximum atomic E-state index is 11.9. The molecule has 2 rings (SSSR count). The molecule has 7 nitrogen and oxygen atoms in total. The van der Waals surface area contributed by atoms with Crippen LogP contribution in [0.25, 0.3) is 11.0 Å². The number of amides is 1. The van der Waals surface area contributed by atoms with Gasteiger partial charge in [-0.2, -0.15) is 0 Å². The Balaban J connectivity index is 0.00000220. The third-order valence-electron chi connectivity index (χ3n) is 3.43. The average molecular weight is 350 g/mol. The van der Waals surface area contributed by atoms with Crippen molar-refractivity contribution in [1.82, 2.24) is 20.1 Å². The van der Waals surface area contributed by atoms with Gasteiger partial charge in [0.1, 0.15) is 0 Å². The normalized spacial score (nSPS) is 11.5. The predicted molar refractivity (Wildman–Crippen MR) is 90.8 cm³/mol. The lowest BCUT2D eigenvalue weighted by Crippen LogP contribution is -2.38. The van der Waals surface area contributed by atoms with E-state index in [-0.39, 0.29) is 36.3 Å². The van der Waals surface area contributed by atoms with Crippen molar-refractivity contribution < 1.29 is 4.79 Å². The highest BCUT2D eigenvalue weighted by Gasteiger charge is 2.16. The third kappa shape index (κ3) is 3.60. The maximum absolute atomic E-state index is 11.9. The summed E-state index contributed by atoms with van der Waals surface area (Å²) in [5.74, 6) is -0.231. The molecule has 0 fully saturated rings. The Morgan fingerprint density at radius 2 is 2.00 bits per heavy atom. The van der Waals surface area contributed by atoms with Crippen LogP contribution in [0.15, 0.2) is 4.79 Å². The number of rotatable bonds is 3. The highest BCUT2D eigenvalue weighted by atomic mass is 35.5. The second-order valence-corrected chi connectivity index (χ2v) is 5.01. The van der Waals surface area contributed by atoms with Gasteiger partial charge in [-0.1, -0.05) is 0 Å². The van der Waals surface area contributed by atoms with E-state index in [0.717, 1.165) is 16.8 Å². The smallest absolute Gasteiger partial charge is 0.273 e. The summed E-state index contributed by atoms with van der Waals surface area (Å²) in [6, 6.07) is -0.563. The molecule has 2 aromatic heterocycles. The molecular weight excluding hydrogens is 329 g/mol. The van der Waals surface area contributed by atoms with E-state index in [1.54, 1.807) is 18.7 Å². The molecule has 124 valence electrons. The van der Waals surface area contributed by atoms with Gasteiger partial charge < -0.3 is 11.1 Å². The van der Waals surface area contributed by atoms with Crippen LogP contribution in [-0.4, -0.2) is 26.7 Å². The molecule has 1 atom stereocenters. The van der Waals surface area contributed by atoms with Gasteiger partial charge in [-0.15, -0.1) is 24.8 Å². The number of hydrogen-bond donors (Lipinski definition) is 3. The molecule has 0 spiro atoms. The first-order valence-corrected chi connectivity index (χ1v) is 6.41. The van der Waals surface area contributed by atoms with E-state index >= 15 is 0 Å². The van der Waals surface area contributed by atoms with Gasteiger partial charge in [0.2, 0.25) is 5.91 Å². The number of nitrogens with two attached hydrogens (primary N) is 1. The van der Waals surface area contributed by atoms with Crippen molar-refractivity contribution in [3.63, 3.8) is 0 Å². The van der Waals surface area contributed by atoms with E-state index < -0.39 is 6.04 Å². The summed E-state index contributed by atoms with van der Waals surface area (Å²) in [6.45, 7) is 5.66. The zero-order valence-electron chi connectivity index (χ0n) is 12.9. The van der Waals surface area contributed by atoms with Crippen molar-refractivity contribution in [2.45, 2.75) is 33.4 Å². The Hall–Kier alpha value is -1.57. The first-order chi connectivity index (χ1) is 9.32. The second-order valence-electron chi connectivity index (χ2n) is 5.01. The van der Waals surface area contributed by atoms with Crippen LogP contribution in [0, 0.1) is 13.8 Å². The minimum absolute atomic E-state index is 0. The van der Waals surface area contributed by atoms with E-state index in [2.05, 4.69) is 15.4 Å². The number of nitrogens with zero attached hydrogens (tertiary/aromatic N) is 2. The minimum Gasteiger partial charge on any atom is -0.351 e. The number of pyridine rings is 1. The highest BCUT2D eigenvalue weighted by molar-refractivity contribution is 5.85. The standard InChI is InChI=1S/C13H19N5O2.2ClH/c1-6-9(5-15-12(19)7(2)14)8(3)16-11-10(6)13(20)17-18(11)4;;/h7H,5,14H2,1-4H3,(H,15,19)(H,17,20);2*1H/t7-;;/m1../s1. The van der Waals surface area contributed by atoms with Crippen molar-refractivity contribution >= 4 is 41.8 Å². The Labute approximate surface area is 140 Å². The van der Waals surface area contributed by atoms with Gasteiger partial charge in [0, 0.05) is 19.3 Å². The van der Waals surface area contributed by atoms with E-state index in [0.29, 0.717) is 17.6 Å². The Morgan fingerprint density at radius 3 is 2.55 bits per heavy atom. The molecule has 0 saturated heterocycles. The maximum Gasteiger partial charge on any atom is 0.273 e. The molecule has 0 aliphatic heterocycles. The van der Waals surface area contributed by atoms with Gasteiger partial charge >= 0.3 is 0 Å². The molecule has 0 aliphatic rings. The molecule has 0 saturated carbocycles. The molecule has 0 radical (unpaired) electrons. The molecule has 9 heteroatoms. The van der Waals surface area contributed by atoms with Crippen LogP contribution in [-0.2, 0) is 18.4 Å². The van der Waals surface area contributed by atoms with Crippen LogP contribution in [0.5, 0.6) is 0 Å². The minimum atomic E-state index is -0.563. The molecule has 2 heterocycles. The van der Waals surface area contributed by atoms with Gasteiger partial charge in [0.05, 0.1) is 11.4 Å². The van der Waals surface area contributed by atoms with Gasteiger partial charge in [-0.05, 0) is 31.9 Å². The molecule has 2 aromatic rings. The number of aryl methyl sites for hydroxylation is 3. The lowest BCUT2D eigenvalue weighted by molar-refractivity contribution is -0.122. The van der Waals surface area contributed by atoms with Gasteiger partial charge in [-0.25, -0.2) is 4.98 Å². The fraction of sp³-hybridized carbons (Fsp3) is 0.462. The van der Waals surface area contributed by atoms with Crippen LogP contribution in [0.4, 0.5) is 0 Å². The number of fused-ring (bicyclic) bond motifs is 1. The van der Waals surface area contributed by atoms with Gasteiger partial charge in [0.15, 0.2) is 5.65 Å². The van der Waals surface area contributed by atoms with Crippen LogP contribution in [0.1, 0.15) is 23.7 Å². The summed E-state index contributed by atoms with van der Waals surface area (Å²) in [6.07, 6.45) is 0. The topological polar surface area (TPSA) is 106 Å². The number of aromatic nitrogens is 3. The van der Waals surface area contributed by atoms with Crippen LogP contribution in [0.2, 0.25) is 0 Å². The summed E-state index contributed by atoms with van der Waals surface area (Å²) < 4.78 is 1.60. The molecule has 0 aliphatic carbocycles. The summed E-state index contributed by atoms with van der Waals surface area (Å²) in [5.41, 5.74) is 8.42. The van der Waals surface area contributed by atoms with E-state index in [9.17, 15) is 9.59 Å². The summed E-state index contributed by atoms with van der Waals surface area (Å²) in [5, 5.41) is 5.99. The number of aromatic amines is 1. The van der Waals surface area contributed by atoms with Crippen molar-refractivity contribution in [2.24, 2.45) is 12.8 Å². The number of halogens is 2. The van der Waals surface area contributed by atoms with Crippen molar-refractivity contribution in [3.05, 3.63) is 27.2 Å². The lowest BCUT2D eigenvalue weighted by atomic mass is 10.0. The summed E-state index contributed by atoms with van der Waals surface area (Å²) in [7, 11) is 1.74. The Kier molecular flexibility index (Phi) is 7.08. The number of H-pyrrole nitrogens is 1. The third-order valence-corrected chi connectivity index (χ3v) is 3.43. The molecule has 0 bridgehead atoms. The number of hydrogen-bond acceptors (Lipinski definition) is 4. The molecular formula is C13H21Cl2N5O2. The lowest BCUT2D eigenvalue weighted by Gasteiger charge is -2.12. The van der Waals surface area contributed by atoms with Crippen molar-refractivity contribution in [3.8, 4) is 0 Å². The zero-order valence-corrected chi connectivity index (χ0v) is 14.5. The first kappa shape index (κ1) is 20.4. The van der Waals surface area contributed by atoms with E-state index in [1.165, 1.54) is 0 Å². The average Bonchev–Trinajstić information content (AvgIpc) is 2.63. The Bertz CT molecular complexity index is 736. The molecule has 22 heavy (non-hydrogen) atoms. The molecule has 0 unspecified atom stereocenters. The van der Waals surface area contributed by atoms with Crippen LogP contribution >= 0.6 is 24.8 Å². The SMILES string of the molecule is Cc1nc2c(c(C)c1CNC(=O)[C@@H](C)N)c(=O)[nH]n2C.Cl.Cl. The highest BCUT2D eigenvalue weighted by Crippen LogP contribution is 2.19. The van der Waals surface area contributed by atoms with Crippen molar-refractivity contribution in [2.75, 3.05) is 0 Å². The van der Waals surface area contributed by atoms with Crippen LogP contribution < -0.4 is 16.6 Å². The molecule has 4 N–H and O–H groups in total. The van der Waals surface area contributed by atoms with Crippen LogP contribution in [0.3, 0.4) is 0 Å². The fourth-order valence-corrected chi connectivity index (χ4v) is 2.24. The zero-order chi connectivity index (χ0) is 15.0. The van der Waals surface area contributed by atoms with E-state index in [4.69, 9.17) is 5.73 Å². The Morgan fingerprint density at radius 1 is 1.41 bits per heavy atom. The number of carbonyl (C=O) groups is 1. The van der Waals surface area contributed by atoms with Crippen molar-refractivity contribution in [1.29, 1.82) is 0 Å². The number of nitrogens with one attached hydrogen (secondary N) is 2.